The fourth-order valence-electron chi connectivity index (χ4n) is 1.37. The van der Waals surface area contributed by atoms with E-state index in [2.05, 4.69) is 10.3 Å². The molecule has 1 aliphatic heterocycles. The largest absolute Gasteiger partial charge is 0.399 e. The fourth-order valence-corrected chi connectivity index (χ4v) is 1.37. The van der Waals surface area contributed by atoms with Gasteiger partial charge in [0.15, 0.2) is 0 Å². The molecule has 3 nitrogen and oxygen atoms in total. The maximum absolute atomic E-state index is 5.60. The van der Waals surface area contributed by atoms with Gasteiger partial charge in [-0.3, -0.25) is 4.99 Å². The van der Waals surface area contributed by atoms with Crippen molar-refractivity contribution in [2.24, 2.45) is 4.99 Å². The number of nitrogens with two attached hydrogens (primary N) is 1. The topological polar surface area (TPSA) is 50.4 Å². The van der Waals surface area contributed by atoms with Crippen molar-refractivity contribution in [2.45, 2.75) is 6.42 Å². The minimum Gasteiger partial charge on any atom is -0.399 e. The summed E-state index contributed by atoms with van der Waals surface area (Å²) < 4.78 is 0. The van der Waals surface area contributed by atoms with Crippen LogP contribution in [0.5, 0.6) is 0 Å². The molecule has 15 heavy (non-hydrogen) atoms. The number of rotatable bonds is 1. The predicted molar refractivity (Wildman–Crippen MR) is 69.4 cm³/mol. The second-order valence-electron chi connectivity index (χ2n) is 3.13. The molecular weight excluding hydrogens is 233 g/mol. The lowest BCUT2D eigenvalue weighted by atomic mass is 10.1. The molecule has 0 saturated carbocycles. The summed E-state index contributed by atoms with van der Waals surface area (Å²) in [4.78, 5) is 4.39. The monoisotopic (exact) mass is 247 g/mol. The molecule has 0 atom stereocenters. The Kier molecular flexibility index (Phi) is 6.13. The number of aliphatic imine (C=N–C) groups is 1. The van der Waals surface area contributed by atoms with Crippen LogP contribution in [0.4, 0.5) is 5.69 Å². The molecule has 84 valence electrons. The Morgan fingerprint density at radius 1 is 1.13 bits per heavy atom. The van der Waals surface area contributed by atoms with Gasteiger partial charge in [-0.25, -0.2) is 0 Å². The van der Waals surface area contributed by atoms with Gasteiger partial charge in [-0.2, -0.15) is 0 Å². The maximum Gasteiger partial charge on any atom is 0.128 e. The van der Waals surface area contributed by atoms with Crippen LogP contribution < -0.4 is 11.1 Å². The van der Waals surface area contributed by atoms with Gasteiger partial charge in [0, 0.05) is 24.3 Å². The van der Waals surface area contributed by atoms with Gasteiger partial charge in [-0.15, -0.1) is 24.8 Å². The Morgan fingerprint density at radius 2 is 1.80 bits per heavy atom. The molecular formula is C10H15Cl2N3. The van der Waals surface area contributed by atoms with Gasteiger partial charge in [-0.1, -0.05) is 0 Å². The fraction of sp³-hybridized carbons (Fsp3) is 0.300. The first-order valence-corrected chi connectivity index (χ1v) is 4.50. The van der Waals surface area contributed by atoms with Gasteiger partial charge < -0.3 is 11.1 Å². The Hall–Kier alpha value is -0.930. The highest BCUT2D eigenvalue weighted by Gasteiger charge is 2.05. The second kappa shape index (κ2) is 6.53. The Balaban J connectivity index is 0.000000980. The summed E-state index contributed by atoms with van der Waals surface area (Å²) in [5, 5.41) is 3.26. The molecule has 0 aromatic heterocycles. The zero-order valence-electron chi connectivity index (χ0n) is 8.27. The van der Waals surface area contributed by atoms with Gasteiger partial charge >= 0.3 is 0 Å². The lowest BCUT2D eigenvalue weighted by molar-refractivity contribution is 0.742. The molecule has 5 heteroatoms. The van der Waals surface area contributed by atoms with Crippen LogP contribution in [0.2, 0.25) is 0 Å². The van der Waals surface area contributed by atoms with E-state index in [1.165, 1.54) is 0 Å². The van der Waals surface area contributed by atoms with Crippen molar-refractivity contribution >= 4 is 36.3 Å². The molecule has 0 amide bonds. The number of anilines is 1. The van der Waals surface area contributed by atoms with Gasteiger partial charge in [0.1, 0.15) is 5.84 Å². The van der Waals surface area contributed by atoms with E-state index >= 15 is 0 Å². The molecule has 2 rings (SSSR count). The van der Waals surface area contributed by atoms with E-state index in [0.717, 1.165) is 36.6 Å². The number of halogens is 2. The van der Waals surface area contributed by atoms with Crippen LogP contribution in [0.15, 0.2) is 29.3 Å². The quantitative estimate of drug-likeness (QED) is 0.745. The van der Waals surface area contributed by atoms with Crippen LogP contribution in [0.25, 0.3) is 0 Å². The summed E-state index contributed by atoms with van der Waals surface area (Å²) in [7, 11) is 0. The number of amidine groups is 1. The van der Waals surface area contributed by atoms with Crippen LogP contribution in [0.1, 0.15) is 12.0 Å². The molecule has 0 radical (unpaired) electrons. The number of nitrogen functional groups attached to an aromatic ring is 1. The molecule has 0 unspecified atom stereocenters. The third kappa shape index (κ3) is 3.61. The first-order chi connectivity index (χ1) is 6.36. The van der Waals surface area contributed by atoms with Crippen molar-refractivity contribution in [3.63, 3.8) is 0 Å². The lowest BCUT2D eigenvalue weighted by Gasteiger charge is -2.14. The average molecular weight is 248 g/mol. The van der Waals surface area contributed by atoms with Crippen molar-refractivity contribution < 1.29 is 0 Å². The zero-order valence-corrected chi connectivity index (χ0v) is 9.90. The number of hydrogen-bond acceptors (Lipinski definition) is 3. The highest BCUT2D eigenvalue weighted by Crippen LogP contribution is 2.07. The van der Waals surface area contributed by atoms with E-state index in [1.807, 2.05) is 24.3 Å². The SMILES string of the molecule is Cl.Cl.Nc1ccc(C2=NCCCN2)cc1. The molecule has 1 heterocycles. The lowest BCUT2D eigenvalue weighted by Crippen LogP contribution is -2.30. The van der Waals surface area contributed by atoms with Gasteiger partial charge in [-0.05, 0) is 30.7 Å². The number of benzene rings is 1. The van der Waals surface area contributed by atoms with Crippen LogP contribution in [0.3, 0.4) is 0 Å². The van der Waals surface area contributed by atoms with Crippen molar-refractivity contribution in [2.75, 3.05) is 18.8 Å². The Bertz CT molecular complexity index is 322. The van der Waals surface area contributed by atoms with E-state index in [4.69, 9.17) is 5.73 Å². The predicted octanol–water partition coefficient (Wildman–Crippen LogP) is 1.85. The third-order valence-corrected chi connectivity index (χ3v) is 2.08. The first-order valence-electron chi connectivity index (χ1n) is 4.50. The van der Waals surface area contributed by atoms with Crippen molar-refractivity contribution in [1.29, 1.82) is 0 Å². The van der Waals surface area contributed by atoms with E-state index in [1.54, 1.807) is 0 Å². The highest BCUT2D eigenvalue weighted by molar-refractivity contribution is 5.99. The van der Waals surface area contributed by atoms with Crippen LogP contribution >= 0.6 is 24.8 Å². The molecule has 0 aliphatic carbocycles. The molecule has 0 bridgehead atoms. The van der Waals surface area contributed by atoms with Gasteiger partial charge in [0.05, 0.1) is 0 Å². The maximum atomic E-state index is 5.60. The number of nitrogens with one attached hydrogen (secondary N) is 1. The summed E-state index contributed by atoms with van der Waals surface area (Å²) in [6.45, 7) is 1.94. The van der Waals surface area contributed by atoms with E-state index < -0.39 is 0 Å². The van der Waals surface area contributed by atoms with Crippen molar-refractivity contribution in [3.05, 3.63) is 29.8 Å². The van der Waals surface area contributed by atoms with Crippen LogP contribution in [0, 0.1) is 0 Å². The molecule has 0 spiro atoms. The Labute approximate surface area is 102 Å². The van der Waals surface area contributed by atoms with Crippen LogP contribution in [-0.2, 0) is 0 Å². The highest BCUT2D eigenvalue weighted by atomic mass is 35.5. The summed E-state index contributed by atoms with van der Waals surface area (Å²) in [5.74, 6) is 0.992. The van der Waals surface area contributed by atoms with Crippen molar-refractivity contribution in [1.82, 2.24) is 5.32 Å². The van der Waals surface area contributed by atoms with Crippen LogP contribution in [-0.4, -0.2) is 18.9 Å². The molecule has 1 aliphatic rings. The Morgan fingerprint density at radius 3 is 2.33 bits per heavy atom. The van der Waals surface area contributed by atoms with Crippen molar-refractivity contribution in [3.8, 4) is 0 Å². The second-order valence-corrected chi connectivity index (χ2v) is 3.13. The van der Waals surface area contributed by atoms with E-state index in [0.29, 0.717) is 0 Å². The third-order valence-electron chi connectivity index (χ3n) is 2.08. The van der Waals surface area contributed by atoms with E-state index in [9.17, 15) is 0 Å². The standard InChI is InChI=1S/C10H13N3.2ClH/c11-9-4-2-8(3-5-9)10-12-6-1-7-13-10;;/h2-5H,1,6-7,11H2,(H,12,13);2*1H. The number of hydrogen-bond donors (Lipinski definition) is 2. The first kappa shape index (κ1) is 14.1. The van der Waals surface area contributed by atoms with Gasteiger partial charge in [0.25, 0.3) is 0 Å². The molecule has 1 aromatic rings. The van der Waals surface area contributed by atoms with Gasteiger partial charge in [0.2, 0.25) is 0 Å². The summed E-state index contributed by atoms with van der Waals surface area (Å²) in [5.41, 5.74) is 7.51. The number of nitrogens with zero attached hydrogens (tertiary/aromatic N) is 1. The molecule has 0 saturated heterocycles. The minimum atomic E-state index is 0. The zero-order chi connectivity index (χ0) is 9.10. The molecule has 3 N–H and O–H groups in total. The summed E-state index contributed by atoms with van der Waals surface area (Å²) in [6, 6.07) is 7.78. The van der Waals surface area contributed by atoms with E-state index in [-0.39, 0.29) is 24.8 Å². The minimum absolute atomic E-state index is 0. The molecule has 1 aromatic carbocycles. The summed E-state index contributed by atoms with van der Waals surface area (Å²) in [6.07, 6.45) is 1.12. The molecule has 0 fully saturated rings. The summed E-state index contributed by atoms with van der Waals surface area (Å²) >= 11 is 0. The normalized spacial score (nSPS) is 14.0. The smallest absolute Gasteiger partial charge is 0.128 e. The average Bonchev–Trinajstić information content (AvgIpc) is 2.20.